The standard InChI is InChI=1S/C22H27N3O4/c1-11(23)12-7-22(24-9-12)8-17(22)14-5-6-15-18(20(14)29-2)25(13-3-4-13)10-16(19(15)26)21(27)28/h5-6,10-13,17,24H,3-4,7-9,23H2,1-2H3,(H,27,28)/t11-,12+,17?,22?/m0/s1. The van der Waals surface area contributed by atoms with Crippen LogP contribution in [0.2, 0.25) is 0 Å². The van der Waals surface area contributed by atoms with Crippen molar-refractivity contribution in [2.24, 2.45) is 11.7 Å². The molecule has 5 rings (SSSR count). The lowest BCUT2D eigenvalue weighted by Crippen LogP contribution is -2.28. The topological polar surface area (TPSA) is 107 Å². The van der Waals surface area contributed by atoms with Crippen molar-refractivity contribution >= 4 is 16.9 Å². The molecular weight excluding hydrogens is 370 g/mol. The third kappa shape index (κ3) is 2.79. The minimum Gasteiger partial charge on any atom is -0.494 e. The van der Waals surface area contributed by atoms with Gasteiger partial charge in [-0.25, -0.2) is 4.79 Å². The molecule has 0 bridgehead atoms. The molecule has 7 nitrogen and oxygen atoms in total. The molecule has 0 amide bonds. The third-order valence-electron chi connectivity index (χ3n) is 7.09. The summed E-state index contributed by atoms with van der Waals surface area (Å²) in [6.07, 6.45) is 5.53. The first-order valence-electron chi connectivity index (χ1n) is 10.4. The minimum absolute atomic E-state index is 0.0605. The zero-order valence-corrected chi connectivity index (χ0v) is 16.8. The third-order valence-corrected chi connectivity index (χ3v) is 7.09. The summed E-state index contributed by atoms with van der Waals surface area (Å²) in [5, 5.41) is 13.6. The quantitative estimate of drug-likeness (QED) is 0.714. The van der Waals surface area contributed by atoms with Gasteiger partial charge in [-0.1, -0.05) is 6.07 Å². The van der Waals surface area contributed by atoms with Gasteiger partial charge in [0.15, 0.2) is 0 Å². The smallest absolute Gasteiger partial charge is 0.341 e. The van der Waals surface area contributed by atoms with E-state index in [2.05, 4.69) is 12.2 Å². The van der Waals surface area contributed by atoms with Gasteiger partial charge in [-0.15, -0.1) is 0 Å². The van der Waals surface area contributed by atoms with Crippen LogP contribution in [0, 0.1) is 5.92 Å². The highest BCUT2D eigenvalue weighted by molar-refractivity contribution is 5.95. The van der Waals surface area contributed by atoms with Crippen LogP contribution in [0.25, 0.3) is 10.9 Å². The van der Waals surface area contributed by atoms with Gasteiger partial charge in [0, 0.05) is 41.8 Å². The van der Waals surface area contributed by atoms with Crippen LogP contribution in [0.3, 0.4) is 0 Å². The maximum atomic E-state index is 12.8. The van der Waals surface area contributed by atoms with Crippen molar-refractivity contribution in [3.63, 3.8) is 0 Å². The Morgan fingerprint density at radius 1 is 1.38 bits per heavy atom. The van der Waals surface area contributed by atoms with E-state index in [1.54, 1.807) is 13.2 Å². The predicted molar refractivity (Wildman–Crippen MR) is 110 cm³/mol. The minimum atomic E-state index is -1.19. The number of ether oxygens (including phenoxy) is 1. The molecule has 3 aliphatic rings. The number of aromatic nitrogens is 1. The molecule has 154 valence electrons. The van der Waals surface area contributed by atoms with Crippen molar-refractivity contribution in [2.75, 3.05) is 13.7 Å². The van der Waals surface area contributed by atoms with Gasteiger partial charge in [-0.2, -0.15) is 0 Å². The van der Waals surface area contributed by atoms with Crippen LogP contribution in [0.5, 0.6) is 5.75 Å². The molecule has 1 aliphatic heterocycles. The Balaban J connectivity index is 1.64. The highest BCUT2D eigenvalue weighted by atomic mass is 16.5. The molecule has 0 radical (unpaired) electrons. The number of pyridine rings is 1. The molecule has 2 saturated carbocycles. The molecule has 1 saturated heterocycles. The van der Waals surface area contributed by atoms with Gasteiger partial charge in [0.05, 0.1) is 18.0 Å². The maximum absolute atomic E-state index is 12.8. The van der Waals surface area contributed by atoms with Crippen molar-refractivity contribution in [1.29, 1.82) is 0 Å². The Kier molecular flexibility index (Phi) is 4.05. The van der Waals surface area contributed by atoms with E-state index in [1.807, 2.05) is 10.6 Å². The van der Waals surface area contributed by atoms with Gasteiger partial charge in [0.2, 0.25) is 5.43 Å². The van der Waals surface area contributed by atoms with Gasteiger partial charge in [0.1, 0.15) is 11.3 Å². The number of carboxylic acid groups (broad SMARTS) is 1. The number of carboxylic acids is 1. The van der Waals surface area contributed by atoms with Crippen molar-refractivity contribution in [1.82, 2.24) is 9.88 Å². The largest absolute Gasteiger partial charge is 0.494 e. The number of nitrogens with one attached hydrogen (secondary N) is 1. The zero-order valence-electron chi connectivity index (χ0n) is 16.8. The number of nitrogens with zero attached hydrogens (tertiary/aromatic N) is 1. The summed E-state index contributed by atoms with van der Waals surface area (Å²) in [5.74, 6) is 0.297. The second-order valence-corrected chi connectivity index (χ2v) is 9.02. The molecule has 7 heteroatoms. The molecule has 3 fully saturated rings. The molecule has 4 N–H and O–H groups in total. The summed E-state index contributed by atoms with van der Waals surface area (Å²) in [5.41, 5.74) is 7.38. The predicted octanol–water partition coefficient (Wildman–Crippen LogP) is 2.23. The van der Waals surface area contributed by atoms with E-state index in [0.717, 1.165) is 43.3 Å². The first-order valence-corrected chi connectivity index (χ1v) is 10.4. The second-order valence-electron chi connectivity index (χ2n) is 9.02. The van der Waals surface area contributed by atoms with Crippen molar-refractivity contribution in [2.45, 2.75) is 56.1 Å². The fourth-order valence-corrected chi connectivity index (χ4v) is 5.17. The number of hydrogen-bond acceptors (Lipinski definition) is 5. The van der Waals surface area contributed by atoms with E-state index in [9.17, 15) is 14.7 Å². The first kappa shape index (κ1) is 18.6. The van der Waals surface area contributed by atoms with E-state index in [0.29, 0.717) is 23.0 Å². The fourth-order valence-electron chi connectivity index (χ4n) is 5.17. The van der Waals surface area contributed by atoms with Gasteiger partial charge in [-0.05, 0) is 44.6 Å². The van der Waals surface area contributed by atoms with E-state index in [-0.39, 0.29) is 23.2 Å². The normalized spacial score (nSPS) is 29.3. The number of rotatable bonds is 5. The SMILES string of the molecule is COc1c(C2CC23C[C@@H]([C@H](C)N)CN3)ccc2c(=O)c(C(=O)O)cn(C3CC3)c12. The highest BCUT2D eigenvalue weighted by Crippen LogP contribution is 2.59. The van der Waals surface area contributed by atoms with Crippen LogP contribution in [0.1, 0.15) is 60.5 Å². The Morgan fingerprint density at radius 2 is 2.14 bits per heavy atom. The summed E-state index contributed by atoms with van der Waals surface area (Å²) < 4.78 is 7.80. The number of hydrogen-bond donors (Lipinski definition) is 3. The van der Waals surface area contributed by atoms with Crippen LogP contribution < -0.4 is 21.2 Å². The first-order chi connectivity index (χ1) is 13.9. The molecule has 4 atom stereocenters. The Hall–Kier alpha value is -2.38. The number of fused-ring (bicyclic) bond motifs is 1. The van der Waals surface area contributed by atoms with Crippen LogP contribution in [0.4, 0.5) is 0 Å². The monoisotopic (exact) mass is 397 g/mol. The van der Waals surface area contributed by atoms with Gasteiger partial charge in [-0.3, -0.25) is 4.79 Å². The van der Waals surface area contributed by atoms with Crippen LogP contribution >= 0.6 is 0 Å². The number of benzene rings is 1. The summed E-state index contributed by atoms with van der Waals surface area (Å²) in [4.78, 5) is 24.4. The zero-order chi connectivity index (χ0) is 20.5. The van der Waals surface area contributed by atoms with Crippen LogP contribution in [-0.2, 0) is 0 Å². The molecule has 2 heterocycles. The van der Waals surface area contributed by atoms with Crippen LogP contribution in [-0.4, -0.2) is 40.9 Å². The van der Waals surface area contributed by atoms with Gasteiger partial charge < -0.3 is 25.5 Å². The summed E-state index contributed by atoms with van der Waals surface area (Å²) in [6, 6.07) is 4.12. The Labute approximate surface area is 168 Å². The second kappa shape index (κ2) is 6.31. The average molecular weight is 397 g/mol. The number of methoxy groups -OCH3 is 1. The molecule has 2 aromatic rings. The summed E-state index contributed by atoms with van der Waals surface area (Å²) in [7, 11) is 1.63. The number of carbonyl (C=O) groups is 1. The van der Waals surface area contributed by atoms with Crippen molar-refractivity contribution in [3.8, 4) is 5.75 Å². The average Bonchev–Trinajstić information content (AvgIpc) is 3.58. The lowest BCUT2D eigenvalue weighted by atomic mass is 9.94. The Bertz CT molecular complexity index is 1070. The molecule has 1 aromatic heterocycles. The molecule has 2 unspecified atom stereocenters. The number of nitrogens with two attached hydrogens (primary N) is 1. The summed E-state index contributed by atoms with van der Waals surface area (Å²) >= 11 is 0. The van der Waals surface area contributed by atoms with E-state index in [4.69, 9.17) is 10.5 Å². The van der Waals surface area contributed by atoms with E-state index >= 15 is 0 Å². The molecule has 2 aliphatic carbocycles. The molecular formula is C22H27N3O4. The molecule has 1 aromatic carbocycles. The molecule has 29 heavy (non-hydrogen) atoms. The fraction of sp³-hybridized carbons (Fsp3) is 0.545. The highest BCUT2D eigenvalue weighted by Gasteiger charge is 2.59. The lowest BCUT2D eigenvalue weighted by molar-refractivity contribution is 0.0695. The summed E-state index contributed by atoms with van der Waals surface area (Å²) in [6.45, 7) is 2.99. The Morgan fingerprint density at radius 3 is 2.72 bits per heavy atom. The van der Waals surface area contributed by atoms with Gasteiger partial charge >= 0.3 is 5.97 Å². The van der Waals surface area contributed by atoms with Crippen molar-refractivity contribution in [3.05, 3.63) is 39.7 Å². The lowest BCUT2D eigenvalue weighted by Gasteiger charge is -2.19. The van der Waals surface area contributed by atoms with Crippen molar-refractivity contribution < 1.29 is 14.6 Å². The maximum Gasteiger partial charge on any atom is 0.341 e. The van der Waals surface area contributed by atoms with Crippen LogP contribution in [0.15, 0.2) is 23.1 Å². The van der Waals surface area contributed by atoms with E-state index in [1.165, 1.54) is 6.20 Å². The van der Waals surface area contributed by atoms with E-state index < -0.39 is 11.4 Å². The van der Waals surface area contributed by atoms with Gasteiger partial charge in [0.25, 0.3) is 0 Å². The number of aromatic carboxylic acids is 1. The molecule has 1 spiro atoms.